The molecule has 19 heavy (non-hydrogen) atoms. The lowest BCUT2D eigenvalue weighted by Gasteiger charge is -2.33. The fraction of sp³-hybridized carbons (Fsp3) is 0.600. The molecule has 1 aromatic rings. The van der Waals surface area contributed by atoms with Crippen LogP contribution in [0.4, 0.5) is 5.69 Å². The largest absolute Gasteiger partial charge is 0.395 e. The van der Waals surface area contributed by atoms with Crippen LogP contribution in [0.1, 0.15) is 32.3 Å². The van der Waals surface area contributed by atoms with E-state index in [9.17, 15) is 5.11 Å². The van der Waals surface area contributed by atoms with Crippen molar-refractivity contribution in [3.63, 3.8) is 0 Å². The van der Waals surface area contributed by atoms with Gasteiger partial charge in [-0.05, 0) is 37.6 Å². The van der Waals surface area contributed by atoms with Crippen LogP contribution in [0, 0.1) is 0 Å². The quantitative estimate of drug-likeness (QED) is 0.770. The zero-order chi connectivity index (χ0) is 14.3. The maximum absolute atomic E-state index is 9.27. The van der Waals surface area contributed by atoms with E-state index in [-0.39, 0.29) is 6.61 Å². The molecule has 0 aliphatic rings. The SMILES string of the molecule is CCC(CC)N(CCO)c1ccc(CNC)cc1Cl. The van der Waals surface area contributed by atoms with Crippen molar-refractivity contribution in [2.24, 2.45) is 0 Å². The first-order valence-corrected chi connectivity index (χ1v) is 7.36. The molecule has 0 bridgehead atoms. The van der Waals surface area contributed by atoms with Crippen molar-refractivity contribution < 1.29 is 5.11 Å². The minimum atomic E-state index is 0.144. The molecule has 0 aliphatic carbocycles. The molecule has 0 atom stereocenters. The molecule has 0 amide bonds. The van der Waals surface area contributed by atoms with Gasteiger partial charge in [0.2, 0.25) is 0 Å². The number of aliphatic hydroxyl groups excluding tert-OH is 1. The highest BCUT2D eigenvalue weighted by Gasteiger charge is 2.17. The molecule has 0 radical (unpaired) electrons. The zero-order valence-corrected chi connectivity index (χ0v) is 12.9. The van der Waals surface area contributed by atoms with E-state index >= 15 is 0 Å². The van der Waals surface area contributed by atoms with Crippen LogP contribution in [0.2, 0.25) is 5.02 Å². The van der Waals surface area contributed by atoms with Gasteiger partial charge in [-0.3, -0.25) is 0 Å². The lowest BCUT2D eigenvalue weighted by Crippen LogP contribution is -2.37. The monoisotopic (exact) mass is 284 g/mol. The van der Waals surface area contributed by atoms with Crippen molar-refractivity contribution >= 4 is 17.3 Å². The lowest BCUT2D eigenvalue weighted by molar-refractivity contribution is 0.296. The van der Waals surface area contributed by atoms with Crippen LogP contribution < -0.4 is 10.2 Å². The predicted octanol–water partition coefficient (Wildman–Crippen LogP) is 3.05. The van der Waals surface area contributed by atoms with Gasteiger partial charge in [0.1, 0.15) is 0 Å². The van der Waals surface area contributed by atoms with Crippen LogP contribution >= 0.6 is 11.6 Å². The molecule has 2 N–H and O–H groups in total. The van der Waals surface area contributed by atoms with Crippen LogP contribution in [-0.2, 0) is 6.54 Å². The van der Waals surface area contributed by atoms with Crippen molar-refractivity contribution in [3.8, 4) is 0 Å². The number of nitrogens with zero attached hydrogens (tertiary/aromatic N) is 1. The lowest BCUT2D eigenvalue weighted by atomic mass is 10.1. The normalized spacial score (nSPS) is 11.1. The van der Waals surface area contributed by atoms with Crippen LogP contribution in [0.15, 0.2) is 18.2 Å². The number of hydrogen-bond donors (Lipinski definition) is 2. The van der Waals surface area contributed by atoms with E-state index in [1.165, 1.54) is 5.56 Å². The van der Waals surface area contributed by atoms with Crippen LogP contribution in [0.5, 0.6) is 0 Å². The average Bonchev–Trinajstić information content (AvgIpc) is 2.40. The number of hydrogen-bond acceptors (Lipinski definition) is 3. The van der Waals surface area contributed by atoms with Gasteiger partial charge in [-0.1, -0.05) is 31.5 Å². The number of anilines is 1. The van der Waals surface area contributed by atoms with Gasteiger partial charge in [0.15, 0.2) is 0 Å². The van der Waals surface area contributed by atoms with Crippen LogP contribution in [0.25, 0.3) is 0 Å². The number of rotatable bonds is 8. The standard InChI is InChI=1S/C15H25ClN2O/c1-4-13(5-2)18(8-9-19)15-7-6-12(11-17-3)10-14(15)16/h6-7,10,13,17,19H,4-5,8-9,11H2,1-3H3. The summed E-state index contributed by atoms with van der Waals surface area (Å²) in [6.07, 6.45) is 2.09. The molecular weight excluding hydrogens is 260 g/mol. The number of nitrogens with one attached hydrogen (secondary N) is 1. The first kappa shape index (κ1) is 16.3. The summed E-state index contributed by atoms with van der Waals surface area (Å²) < 4.78 is 0. The van der Waals surface area contributed by atoms with Gasteiger partial charge in [-0.25, -0.2) is 0 Å². The number of halogens is 1. The molecule has 108 valence electrons. The summed E-state index contributed by atoms with van der Waals surface area (Å²) in [6.45, 7) is 5.91. The molecular formula is C15H25ClN2O. The Hall–Kier alpha value is -0.770. The highest BCUT2D eigenvalue weighted by Crippen LogP contribution is 2.29. The molecule has 3 nitrogen and oxygen atoms in total. The highest BCUT2D eigenvalue weighted by atomic mass is 35.5. The molecule has 1 aromatic carbocycles. The van der Waals surface area contributed by atoms with E-state index in [2.05, 4.69) is 36.2 Å². The van der Waals surface area contributed by atoms with Crippen molar-refractivity contribution in [1.29, 1.82) is 0 Å². The predicted molar refractivity (Wildman–Crippen MR) is 83.0 cm³/mol. The minimum absolute atomic E-state index is 0.144. The van der Waals surface area contributed by atoms with Crippen molar-refractivity contribution in [1.82, 2.24) is 5.32 Å². The second kappa shape index (κ2) is 8.41. The summed E-state index contributed by atoms with van der Waals surface area (Å²) in [7, 11) is 1.92. The van der Waals surface area contributed by atoms with Crippen molar-refractivity contribution in [2.45, 2.75) is 39.3 Å². The Morgan fingerprint density at radius 1 is 1.32 bits per heavy atom. The Balaban J connectivity index is 3.01. The Morgan fingerprint density at radius 2 is 2.00 bits per heavy atom. The third-order valence-electron chi connectivity index (χ3n) is 3.43. The van der Waals surface area contributed by atoms with Gasteiger partial charge in [-0.15, -0.1) is 0 Å². The fourth-order valence-electron chi connectivity index (χ4n) is 2.43. The molecule has 0 unspecified atom stereocenters. The zero-order valence-electron chi connectivity index (χ0n) is 12.1. The van der Waals surface area contributed by atoms with Gasteiger partial charge in [-0.2, -0.15) is 0 Å². The summed E-state index contributed by atoms with van der Waals surface area (Å²) in [4.78, 5) is 2.21. The van der Waals surface area contributed by atoms with E-state index in [4.69, 9.17) is 11.6 Å². The Bertz CT molecular complexity index is 380. The Labute approximate surface area is 121 Å². The Morgan fingerprint density at radius 3 is 2.47 bits per heavy atom. The molecule has 4 heteroatoms. The summed E-state index contributed by atoms with van der Waals surface area (Å²) >= 11 is 6.40. The first-order chi connectivity index (χ1) is 9.17. The van der Waals surface area contributed by atoms with E-state index in [0.717, 1.165) is 30.1 Å². The summed E-state index contributed by atoms with van der Waals surface area (Å²) in [5, 5.41) is 13.1. The third kappa shape index (κ3) is 4.37. The molecule has 1 rings (SSSR count). The summed E-state index contributed by atoms with van der Waals surface area (Å²) in [5.74, 6) is 0. The van der Waals surface area contributed by atoms with Gasteiger partial charge >= 0.3 is 0 Å². The molecule has 0 saturated carbocycles. The second-order valence-electron chi connectivity index (χ2n) is 4.70. The van der Waals surface area contributed by atoms with Gasteiger partial charge in [0.25, 0.3) is 0 Å². The minimum Gasteiger partial charge on any atom is -0.395 e. The summed E-state index contributed by atoms with van der Waals surface area (Å²) in [6, 6.07) is 6.56. The third-order valence-corrected chi connectivity index (χ3v) is 3.73. The van der Waals surface area contributed by atoms with E-state index in [1.807, 2.05) is 13.1 Å². The molecule has 0 aromatic heterocycles. The maximum Gasteiger partial charge on any atom is 0.0642 e. The van der Waals surface area contributed by atoms with Crippen molar-refractivity contribution in [3.05, 3.63) is 28.8 Å². The number of aliphatic hydroxyl groups is 1. The van der Waals surface area contributed by atoms with E-state index < -0.39 is 0 Å². The number of benzene rings is 1. The first-order valence-electron chi connectivity index (χ1n) is 6.98. The van der Waals surface area contributed by atoms with Crippen LogP contribution in [0.3, 0.4) is 0 Å². The van der Waals surface area contributed by atoms with Gasteiger partial charge in [0.05, 0.1) is 17.3 Å². The van der Waals surface area contributed by atoms with Gasteiger partial charge in [0, 0.05) is 19.1 Å². The summed E-state index contributed by atoms with van der Waals surface area (Å²) in [5.41, 5.74) is 2.19. The topological polar surface area (TPSA) is 35.5 Å². The maximum atomic E-state index is 9.27. The Kier molecular flexibility index (Phi) is 7.21. The van der Waals surface area contributed by atoms with Gasteiger partial charge < -0.3 is 15.3 Å². The van der Waals surface area contributed by atoms with E-state index in [0.29, 0.717) is 12.6 Å². The van der Waals surface area contributed by atoms with E-state index in [1.54, 1.807) is 0 Å². The highest BCUT2D eigenvalue weighted by molar-refractivity contribution is 6.33. The average molecular weight is 285 g/mol. The smallest absolute Gasteiger partial charge is 0.0642 e. The molecule has 0 aliphatic heterocycles. The van der Waals surface area contributed by atoms with Crippen molar-refractivity contribution in [2.75, 3.05) is 25.1 Å². The second-order valence-corrected chi connectivity index (χ2v) is 5.11. The molecule has 0 heterocycles. The van der Waals surface area contributed by atoms with Crippen LogP contribution in [-0.4, -0.2) is 31.3 Å². The molecule has 0 fully saturated rings. The fourth-order valence-corrected chi connectivity index (χ4v) is 2.75. The molecule has 0 saturated heterocycles. The molecule has 0 spiro atoms.